The number of hydrogen-bond acceptors (Lipinski definition) is 6. The van der Waals surface area contributed by atoms with Crippen molar-refractivity contribution in [2.75, 3.05) is 18.6 Å². The van der Waals surface area contributed by atoms with Gasteiger partial charge in [0.05, 0.1) is 11.3 Å². The standard InChI is InChI=1S/C23H24N4O3/c1-14-17-10-15(12-24-21(17)27(5)25-14)22(29)30-13-16(28)11-20-23(2,3)18-8-6-7-9-19(18)26(20)4/h6-12H,13H2,1-5H3/b20-11-. The second-order valence-electron chi connectivity index (χ2n) is 8.08. The molecule has 0 saturated carbocycles. The molecule has 154 valence electrons. The van der Waals surface area contributed by atoms with Gasteiger partial charge in [-0.05, 0) is 24.6 Å². The van der Waals surface area contributed by atoms with Gasteiger partial charge >= 0.3 is 5.97 Å². The number of nitrogens with zero attached hydrogens (tertiary/aromatic N) is 4. The zero-order chi connectivity index (χ0) is 21.6. The van der Waals surface area contributed by atoms with Crippen LogP contribution in [0.4, 0.5) is 5.69 Å². The summed E-state index contributed by atoms with van der Waals surface area (Å²) in [7, 11) is 3.74. The van der Waals surface area contributed by atoms with Crippen molar-refractivity contribution in [2.45, 2.75) is 26.2 Å². The van der Waals surface area contributed by atoms with Crippen LogP contribution in [-0.2, 0) is 22.0 Å². The molecule has 0 spiro atoms. The summed E-state index contributed by atoms with van der Waals surface area (Å²) in [5.74, 6) is -0.848. The molecular formula is C23H24N4O3. The Balaban J connectivity index is 1.49. The SMILES string of the molecule is Cc1nn(C)c2ncc(C(=O)OCC(=O)/C=C3\N(C)c4ccccc4C3(C)C)cc12. The predicted octanol–water partition coefficient (Wildman–Crippen LogP) is 3.31. The van der Waals surface area contributed by atoms with Crippen molar-refractivity contribution >= 4 is 28.5 Å². The number of fused-ring (bicyclic) bond motifs is 2. The molecule has 1 aliphatic rings. The van der Waals surface area contributed by atoms with Crippen LogP contribution in [0.1, 0.15) is 35.5 Å². The van der Waals surface area contributed by atoms with Crippen molar-refractivity contribution in [3.8, 4) is 0 Å². The number of likely N-dealkylation sites (N-methyl/N-ethyl adjacent to an activating group) is 1. The molecule has 0 atom stereocenters. The fourth-order valence-electron chi connectivity index (χ4n) is 4.09. The van der Waals surface area contributed by atoms with Crippen LogP contribution >= 0.6 is 0 Å². The van der Waals surface area contributed by atoms with Crippen LogP contribution in [0.5, 0.6) is 0 Å². The number of aromatic nitrogens is 3. The molecule has 7 nitrogen and oxygen atoms in total. The molecule has 7 heteroatoms. The molecule has 4 rings (SSSR count). The summed E-state index contributed by atoms with van der Waals surface area (Å²) in [5.41, 5.74) is 4.57. The van der Waals surface area contributed by atoms with Gasteiger partial charge in [-0.1, -0.05) is 32.0 Å². The predicted molar refractivity (Wildman–Crippen MR) is 114 cm³/mol. The van der Waals surface area contributed by atoms with Gasteiger partial charge in [-0.15, -0.1) is 0 Å². The number of rotatable bonds is 4. The second-order valence-corrected chi connectivity index (χ2v) is 8.08. The molecule has 0 N–H and O–H groups in total. The number of pyridine rings is 1. The summed E-state index contributed by atoms with van der Waals surface area (Å²) in [4.78, 5) is 31.3. The lowest BCUT2D eigenvalue weighted by Gasteiger charge is -2.23. The fraction of sp³-hybridized carbons (Fsp3) is 0.304. The molecule has 0 fully saturated rings. The third kappa shape index (κ3) is 3.16. The third-order valence-corrected chi connectivity index (χ3v) is 5.68. The average Bonchev–Trinajstić information content (AvgIpc) is 3.11. The molecule has 1 aliphatic heterocycles. The summed E-state index contributed by atoms with van der Waals surface area (Å²) in [6.07, 6.45) is 3.01. The van der Waals surface area contributed by atoms with Crippen LogP contribution in [0.2, 0.25) is 0 Å². The van der Waals surface area contributed by atoms with E-state index in [0.717, 1.165) is 28.0 Å². The fourth-order valence-corrected chi connectivity index (χ4v) is 4.09. The van der Waals surface area contributed by atoms with Gasteiger partial charge in [0.2, 0.25) is 0 Å². The van der Waals surface area contributed by atoms with Gasteiger partial charge in [-0.3, -0.25) is 9.48 Å². The van der Waals surface area contributed by atoms with E-state index in [4.69, 9.17) is 4.74 Å². The number of benzene rings is 1. The Morgan fingerprint density at radius 3 is 2.67 bits per heavy atom. The summed E-state index contributed by atoms with van der Waals surface area (Å²) in [5, 5.41) is 5.08. The number of ether oxygens (including phenoxy) is 1. The minimum absolute atomic E-state index is 0.266. The van der Waals surface area contributed by atoms with E-state index in [9.17, 15) is 9.59 Å². The van der Waals surface area contributed by atoms with E-state index < -0.39 is 5.97 Å². The molecule has 0 unspecified atom stereocenters. The van der Waals surface area contributed by atoms with E-state index in [1.54, 1.807) is 23.9 Å². The topological polar surface area (TPSA) is 77.3 Å². The highest BCUT2D eigenvalue weighted by molar-refractivity contribution is 5.98. The smallest absolute Gasteiger partial charge is 0.340 e. The van der Waals surface area contributed by atoms with E-state index in [2.05, 4.69) is 30.0 Å². The minimum atomic E-state index is -0.582. The molecule has 0 saturated heterocycles. The molecule has 0 bridgehead atoms. The molecule has 3 heterocycles. The Morgan fingerprint density at radius 1 is 1.20 bits per heavy atom. The normalized spacial score (nSPS) is 16.2. The van der Waals surface area contributed by atoms with Gasteiger partial charge in [-0.2, -0.15) is 5.10 Å². The largest absolute Gasteiger partial charge is 0.454 e. The Morgan fingerprint density at radius 2 is 1.93 bits per heavy atom. The third-order valence-electron chi connectivity index (χ3n) is 5.68. The van der Waals surface area contributed by atoms with Crippen LogP contribution in [0.15, 0.2) is 48.3 Å². The zero-order valence-corrected chi connectivity index (χ0v) is 17.8. The second kappa shape index (κ2) is 7.09. The van der Waals surface area contributed by atoms with Crippen LogP contribution in [0.25, 0.3) is 11.0 Å². The van der Waals surface area contributed by atoms with Crippen molar-refractivity contribution in [1.29, 1.82) is 0 Å². The Labute approximate surface area is 175 Å². The van der Waals surface area contributed by atoms with Crippen molar-refractivity contribution in [2.24, 2.45) is 7.05 Å². The summed E-state index contributed by atoms with van der Waals surface area (Å²) in [6.45, 7) is 5.69. The first-order valence-corrected chi connectivity index (χ1v) is 9.75. The number of hydrogen-bond donors (Lipinski definition) is 0. The van der Waals surface area contributed by atoms with E-state index in [0.29, 0.717) is 11.2 Å². The van der Waals surface area contributed by atoms with E-state index in [1.165, 1.54) is 6.20 Å². The molecule has 0 amide bonds. The van der Waals surface area contributed by atoms with Crippen molar-refractivity contribution < 1.29 is 14.3 Å². The molecular weight excluding hydrogens is 380 g/mol. The molecule has 2 aromatic heterocycles. The molecule has 1 aromatic carbocycles. The highest BCUT2D eigenvalue weighted by Gasteiger charge is 2.38. The Bertz CT molecular complexity index is 1210. The maximum absolute atomic E-state index is 12.6. The maximum atomic E-state index is 12.6. The number of carbonyl (C=O) groups is 2. The summed E-state index contributed by atoms with van der Waals surface area (Å²) >= 11 is 0. The number of aryl methyl sites for hydroxylation is 2. The summed E-state index contributed by atoms with van der Waals surface area (Å²) in [6, 6.07) is 9.77. The maximum Gasteiger partial charge on any atom is 0.340 e. The van der Waals surface area contributed by atoms with Crippen LogP contribution in [-0.4, -0.2) is 40.2 Å². The minimum Gasteiger partial charge on any atom is -0.454 e. The van der Waals surface area contributed by atoms with Gasteiger partial charge in [-0.25, -0.2) is 9.78 Å². The Kier molecular flexibility index (Phi) is 4.68. The zero-order valence-electron chi connectivity index (χ0n) is 17.8. The number of carbonyl (C=O) groups excluding carboxylic acids is 2. The first-order valence-electron chi connectivity index (χ1n) is 9.75. The van der Waals surface area contributed by atoms with Gasteiger partial charge < -0.3 is 9.64 Å². The van der Waals surface area contributed by atoms with Gasteiger partial charge in [0.15, 0.2) is 18.0 Å². The lowest BCUT2D eigenvalue weighted by molar-refractivity contribution is -0.117. The number of para-hydroxylation sites is 1. The van der Waals surface area contributed by atoms with Crippen LogP contribution in [0.3, 0.4) is 0 Å². The number of esters is 1. The van der Waals surface area contributed by atoms with E-state index in [-0.39, 0.29) is 17.8 Å². The molecule has 3 aromatic rings. The Hall–Kier alpha value is -3.48. The van der Waals surface area contributed by atoms with Gasteiger partial charge in [0.1, 0.15) is 0 Å². The molecule has 0 radical (unpaired) electrons. The van der Waals surface area contributed by atoms with Crippen LogP contribution in [0, 0.1) is 6.92 Å². The van der Waals surface area contributed by atoms with Gasteiger partial charge in [0, 0.05) is 48.6 Å². The van der Waals surface area contributed by atoms with Gasteiger partial charge in [0.25, 0.3) is 0 Å². The first kappa shape index (κ1) is 19.8. The lowest BCUT2D eigenvalue weighted by Crippen LogP contribution is -2.25. The lowest BCUT2D eigenvalue weighted by atomic mass is 9.83. The first-order chi connectivity index (χ1) is 14.2. The van der Waals surface area contributed by atoms with Crippen molar-refractivity contribution in [1.82, 2.24) is 14.8 Å². The summed E-state index contributed by atoms with van der Waals surface area (Å²) < 4.78 is 6.92. The monoisotopic (exact) mass is 404 g/mol. The molecule has 30 heavy (non-hydrogen) atoms. The van der Waals surface area contributed by atoms with Crippen molar-refractivity contribution in [3.63, 3.8) is 0 Å². The van der Waals surface area contributed by atoms with E-state index >= 15 is 0 Å². The van der Waals surface area contributed by atoms with E-state index in [1.807, 2.05) is 37.1 Å². The average molecular weight is 404 g/mol. The quantitative estimate of drug-likeness (QED) is 0.490. The highest BCUT2D eigenvalue weighted by Crippen LogP contribution is 2.46. The molecule has 0 aliphatic carbocycles. The van der Waals surface area contributed by atoms with Crippen molar-refractivity contribution in [3.05, 3.63) is 65.1 Å². The highest BCUT2D eigenvalue weighted by atomic mass is 16.5. The van der Waals surface area contributed by atoms with Crippen LogP contribution < -0.4 is 4.90 Å². The number of allylic oxidation sites excluding steroid dienone is 1. The number of ketones is 1. The number of anilines is 1.